The van der Waals surface area contributed by atoms with Gasteiger partial charge >= 0.3 is 13.2 Å². The maximum atomic E-state index is 13.8. The number of aromatic nitrogens is 2. The van der Waals surface area contributed by atoms with Gasteiger partial charge in [-0.1, -0.05) is 44.2 Å². The Morgan fingerprint density at radius 3 is 2.38 bits per heavy atom. The Labute approximate surface area is 247 Å². The third-order valence-corrected chi connectivity index (χ3v) is 9.75. The molecule has 222 valence electrons. The molecule has 9 nitrogen and oxygen atoms in total. The number of nitrogens with one attached hydrogen (secondary N) is 2. The van der Waals surface area contributed by atoms with Gasteiger partial charge in [-0.15, -0.1) is 0 Å². The molecule has 42 heavy (non-hydrogen) atoms. The van der Waals surface area contributed by atoms with Gasteiger partial charge < -0.3 is 29.2 Å². The highest BCUT2D eigenvalue weighted by atomic mass is 16.7. The summed E-state index contributed by atoms with van der Waals surface area (Å²) in [6, 6.07) is 11.8. The van der Waals surface area contributed by atoms with Crippen LogP contribution in [0, 0.1) is 11.3 Å². The van der Waals surface area contributed by atoms with E-state index in [1.165, 1.54) is 7.11 Å². The van der Waals surface area contributed by atoms with E-state index >= 15 is 0 Å². The maximum absolute atomic E-state index is 13.8. The zero-order valence-corrected chi connectivity index (χ0v) is 25.6. The summed E-state index contributed by atoms with van der Waals surface area (Å²) >= 11 is 0. The summed E-state index contributed by atoms with van der Waals surface area (Å²) < 4.78 is 17.3. The van der Waals surface area contributed by atoms with Crippen LogP contribution < -0.4 is 10.8 Å². The van der Waals surface area contributed by atoms with Crippen LogP contribution in [0.2, 0.25) is 0 Å². The molecule has 2 amide bonds. The van der Waals surface area contributed by atoms with Crippen molar-refractivity contribution in [3.63, 3.8) is 0 Å². The van der Waals surface area contributed by atoms with Crippen LogP contribution >= 0.6 is 0 Å². The molecule has 0 radical (unpaired) electrons. The van der Waals surface area contributed by atoms with Crippen molar-refractivity contribution in [2.45, 2.75) is 84.1 Å². The number of hydrogen-bond acceptors (Lipinski definition) is 6. The van der Waals surface area contributed by atoms with Crippen LogP contribution in [0.4, 0.5) is 4.79 Å². The van der Waals surface area contributed by atoms with Crippen LogP contribution in [0.15, 0.2) is 42.6 Å². The van der Waals surface area contributed by atoms with Crippen molar-refractivity contribution < 1.29 is 23.6 Å². The number of fused-ring (bicyclic) bond motifs is 1. The number of aromatic amines is 1. The van der Waals surface area contributed by atoms with Crippen molar-refractivity contribution in [2.75, 3.05) is 13.7 Å². The van der Waals surface area contributed by atoms with Gasteiger partial charge in [-0.05, 0) is 80.6 Å². The average molecular weight is 573 g/mol. The lowest BCUT2D eigenvalue weighted by Gasteiger charge is -2.32. The number of hydrogen-bond donors (Lipinski definition) is 2. The molecule has 3 fully saturated rings. The minimum absolute atomic E-state index is 0.0805. The molecular formula is C32H41BN4O5. The first kappa shape index (κ1) is 28.7. The minimum atomic E-state index is -0.661. The van der Waals surface area contributed by atoms with E-state index < -0.39 is 19.3 Å². The fourth-order valence-corrected chi connectivity index (χ4v) is 6.16. The van der Waals surface area contributed by atoms with Gasteiger partial charge in [0.2, 0.25) is 5.91 Å². The van der Waals surface area contributed by atoms with Crippen LogP contribution in [0.5, 0.6) is 0 Å². The normalized spacial score (nSPS) is 22.6. The second-order valence-electron chi connectivity index (χ2n) is 13.6. The van der Waals surface area contributed by atoms with Gasteiger partial charge in [0.25, 0.3) is 0 Å². The van der Waals surface area contributed by atoms with E-state index in [2.05, 4.69) is 74.4 Å². The molecule has 1 aliphatic carbocycles. The van der Waals surface area contributed by atoms with Crippen LogP contribution in [0.1, 0.15) is 72.7 Å². The highest BCUT2D eigenvalue weighted by Crippen LogP contribution is 2.58. The molecule has 0 bridgehead atoms. The summed E-state index contributed by atoms with van der Waals surface area (Å²) in [6.07, 6.45) is 4.34. The third kappa shape index (κ3) is 5.09. The van der Waals surface area contributed by atoms with Crippen molar-refractivity contribution in [1.29, 1.82) is 0 Å². The van der Waals surface area contributed by atoms with E-state index in [1.54, 1.807) is 0 Å². The zero-order valence-electron chi connectivity index (χ0n) is 25.6. The monoisotopic (exact) mass is 572 g/mol. The summed E-state index contributed by atoms with van der Waals surface area (Å²) in [4.78, 5) is 35.9. The summed E-state index contributed by atoms with van der Waals surface area (Å²) in [5, 5.41) is 4.95. The summed E-state index contributed by atoms with van der Waals surface area (Å²) in [5.41, 5.74) is 2.30. The smallest absolute Gasteiger partial charge is 0.453 e. The number of nitrogens with zero attached hydrogens (tertiary/aromatic N) is 2. The second kappa shape index (κ2) is 10.1. The Bertz CT molecular complexity index is 1510. The fraction of sp³-hybridized carbons (Fsp3) is 0.531. The van der Waals surface area contributed by atoms with Gasteiger partial charge in [-0.3, -0.25) is 4.79 Å². The number of methoxy groups -OCH3 is 1. The van der Waals surface area contributed by atoms with Crippen molar-refractivity contribution in [2.24, 2.45) is 11.3 Å². The first-order valence-electron chi connectivity index (χ1n) is 14.9. The number of alkyl carbamates (subject to hydrolysis) is 1. The molecule has 2 N–H and O–H groups in total. The number of likely N-dealkylation sites (tertiary alicyclic amines) is 1. The Balaban J connectivity index is 1.23. The van der Waals surface area contributed by atoms with Gasteiger partial charge in [0, 0.05) is 12.1 Å². The topological polar surface area (TPSA) is 106 Å². The number of ether oxygens (including phenoxy) is 1. The lowest BCUT2D eigenvalue weighted by molar-refractivity contribution is -0.135. The molecule has 2 atom stereocenters. The first-order valence-corrected chi connectivity index (χ1v) is 14.9. The summed E-state index contributed by atoms with van der Waals surface area (Å²) in [5.74, 6) is 0.604. The number of carbonyl (C=O) groups is 2. The van der Waals surface area contributed by atoms with E-state index in [-0.39, 0.29) is 34.5 Å². The quantitative estimate of drug-likeness (QED) is 0.405. The molecule has 1 spiro atoms. The number of imidazole rings is 1. The number of amides is 2. The van der Waals surface area contributed by atoms with Crippen LogP contribution in [-0.2, 0) is 18.8 Å². The van der Waals surface area contributed by atoms with Gasteiger partial charge in [0.05, 0.1) is 36.2 Å². The molecule has 1 saturated carbocycles. The van der Waals surface area contributed by atoms with Crippen LogP contribution in [0.3, 0.4) is 0 Å². The number of H-pyrrole nitrogens is 1. The Morgan fingerprint density at radius 2 is 1.74 bits per heavy atom. The summed E-state index contributed by atoms with van der Waals surface area (Å²) in [6.45, 7) is 12.8. The third-order valence-electron chi connectivity index (χ3n) is 9.75. The van der Waals surface area contributed by atoms with Crippen LogP contribution in [-0.4, -0.2) is 64.9 Å². The maximum Gasteiger partial charge on any atom is 0.494 e. The zero-order chi connectivity index (χ0) is 30.0. The minimum Gasteiger partial charge on any atom is -0.453 e. The van der Waals surface area contributed by atoms with E-state index in [4.69, 9.17) is 19.0 Å². The number of carbonyl (C=O) groups excluding carboxylic acids is 2. The summed E-state index contributed by atoms with van der Waals surface area (Å²) in [7, 11) is 0.907. The molecule has 6 rings (SSSR count). The SMILES string of the molecule is COC(=O)NC(C(=O)N1CC2(CC2)C[C@H]1c1ncc(-c2ccc3cc(B4OC(C)(C)C(C)(C)O4)ccc3c2)[nH]1)C(C)C. The molecule has 2 aromatic carbocycles. The standard InChI is InChI=1S/C32H41BN4O5/c1-19(2)26(36-29(39)40-7)28(38)37-18-32(12-13-32)16-25(37)27-34-17-24(35-27)22-9-8-21-15-23(11-10-20(21)14-22)33-41-30(3,4)31(5,6)42-33/h8-11,14-15,17,19,25-26H,12-13,16,18H2,1-7H3,(H,34,35)(H,36,39)/t25-,26?/m0/s1. The van der Waals surface area contributed by atoms with Crippen molar-refractivity contribution in [1.82, 2.24) is 20.2 Å². The van der Waals surface area contributed by atoms with E-state index in [1.807, 2.05) is 24.9 Å². The highest BCUT2D eigenvalue weighted by Gasteiger charge is 2.55. The molecular weight excluding hydrogens is 531 g/mol. The fourth-order valence-electron chi connectivity index (χ4n) is 6.16. The first-order chi connectivity index (χ1) is 19.8. The largest absolute Gasteiger partial charge is 0.494 e. The molecule has 2 aliphatic heterocycles. The van der Waals surface area contributed by atoms with Gasteiger partial charge in [0.15, 0.2) is 0 Å². The molecule has 1 unspecified atom stereocenters. The van der Waals surface area contributed by atoms with Crippen LogP contribution in [0.25, 0.3) is 22.0 Å². The Kier molecular flexibility index (Phi) is 6.93. The number of benzene rings is 2. The predicted molar refractivity (Wildman–Crippen MR) is 162 cm³/mol. The highest BCUT2D eigenvalue weighted by molar-refractivity contribution is 6.62. The average Bonchev–Trinajstić information content (AvgIpc) is 3.26. The molecule has 3 heterocycles. The lowest BCUT2D eigenvalue weighted by atomic mass is 9.78. The lowest BCUT2D eigenvalue weighted by Crippen LogP contribution is -2.51. The van der Waals surface area contributed by atoms with Gasteiger partial charge in [-0.25, -0.2) is 9.78 Å². The second-order valence-corrected chi connectivity index (χ2v) is 13.6. The molecule has 2 saturated heterocycles. The van der Waals surface area contributed by atoms with Crippen molar-refractivity contribution >= 4 is 35.4 Å². The molecule has 10 heteroatoms. The Hall–Kier alpha value is -3.37. The van der Waals surface area contributed by atoms with Crippen molar-refractivity contribution in [3.8, 4) is 11.3 Å². The van der Waals surface area contributed by atoms with Gasteiger partial charge in [-0.2, -0.15) is 0 Å². The van der Waals surface area contributed by atoms with E-state index in [0.717, 1.165) is 52.6 Å². The van der Waals surface area contributed by atoms with E-state index in [9.17, 15) is 9.59 Å². The Morgan fingerprint density at radius 1 is 1.07 bits per heavy atom. The molecule has 3 aromatic rings. The number of rotatable bonds is 6. The van der Waals surface area contributed by atoms with Gasteiger partial charge in [0.1, 0.15) is 11.9 Å². The predicted octanol–water partition coefficient (Wildman–Crippen LogP) is 4.96. The van der Waals surface area contributed by atoms with Crippen molar-refractivity contribution in [3.05, 3.63) is 48.4 Å². The molecule has 1 aromatic heterocycles. The molecule has 3 aliphatic rings. The van der Waals surface area contributed by atoms with E-state index in [0.29, 0.717) is 6.54 Å².